The molecule has 0 fully saturated rings. The molecule has 0 aliphatic carbocycles. The molecule has 0 aliphatic rings. The zero-order valence-corrected chi connectivity index (χ0v) is 15.3. The summed E-state index contributed by atoms with van der Waals surface area (Å²) in [5, 5.41) is 0. The SMILES string of the molecule is COc1ccc(C(Br)C(Br)c2ccc(SC)cc2)cc1. The van der Waals surface area contributed by atoms with Crippen molar-refractivity contribution in [2.75, 3.05) is 13.4 Å². The smallest absolute Gasteiger partial charge is 0.118 e. The molecule has 0 heterocycles. The van der Waals surface area contributed by atoms with E-state index in [2.05, 4.69) is 74.5 Å². The lowest BCUT2D eigenvalue weighted by Crippen LogP contribution is -1.99. The molecule has 0 spiro atoms. The third-order valence-electron chi connectivity index (χ3n) is 3.13. The van der Waals surface area contributed by atoms with E-state index in [1.165, 1.54) is 16.0 Å². The van der Waals surface area contributed by atoms with E-state index in [4.69, 9.17) is 4.74 Å². The lowest BCUT2D eigenvalue weighted by molar-refractivity contribution is 0.414. The van der Waals surface area contributed by atoms with Gasteiger partial charge in [-0.25, -0.2) is 0 Å². The van der Waals surface area contributed by atoms with Crippen LogP contribution in [0.1, 0.15) is 20.8 Å². The van der Waals surface area contributed by atoms with Crippen molar-refractivity contribution in [3.63, 3.8) is 0 Å². The summed E-state index contributed by atoms with van der Waals surface area (Å²) < 4.78 is 5.19. The molecule has 0 radical (unpaired) electrons. The van der Waals surface area contributed by atoms with E-state index in [1.54, 1.807) is 18.9 Å². The summed E-state index contributed by atoms with van der Waals surface area (Å²) in [7, 11) is 1.68. The molecule has 0 N–H and O–H groups in total. The molecular formula is C16H16Br2OS. The minimum absolute atomic E-state index is 0.216. The van der Waals surface area contributed by atoms with Crippen LogP contribution in [0.5, 0.6) is 5.75 Å². The van der Waals surface area contributed by atoms with E-state index >= 15 is 0 Å². The second-order valence-electron chi connectivity index (χ2n) is 4.35. The van der Waals surface area contributed by atoms with Crippen LogP contribution >= 0.6 is 43.6 Å². The maximum atomic E-state index is 5.19. The monoisotopic (exact) mass is 414 g/mol. The summed E-state index contributed by atoms with van der Waals surface area (Å²) >= 11 is 9.32. The molecule has 0 bridgehead atoms. The predicted octanol–water partition coefficient (Wildman–Crippen LogP) is 5.99. The Kier molecular flexibility index (Phi) is 6.00. The molecular weight excluding hydrogens is 400 g/mol. The molecule has 20 heavy (non-hydrogen) atoms. The largest absolute Gasteiger partial charge is 0.497 e. The van der Waals surface area contributed by atoms with Crippen LogP contribution in [0.3, 0.4) is 0 Å². The summed E-state index contributed by atoms with van der Waals surface area (Å²) in [6, 6.07) is 16.8. The number of halogens is 2. The zero-order chi connectivity index (χ0) is 14.5. The summed E-state index contributed by atoms with van der Waals surface area (Å²) in [4.78, 5) is 1.73. The summed E-state index contributed by atoms with van der Waals surface area (Å²) in [5.74, 6) is 0.879. The number of hydrogen-bond donors (Lipinski definition) is 0. The Morgan fingerprint density at radius 3 is 1.70 bits per heavy atom. The molecule has 0 saturated heterocycles. The van der Waals surface area contributed by atoms with Gasteiger partial charge in [-0.1, -0.05) is 56.1 Å². The van der Waals surface area contributed by atoms with E-state index in [0.717, 1.165) is 5.75 Å². The molecule has 2 aromatic rings. The third kappa shape index (κ3) is 3.80. The highest BCUT2D eigenvalue weighted by Gasteiger charge is 2.19. The molecule has 106 valence electrons. The van der Waals surface area contributed by atoms with E-state index in [0.29, 0.717) is 0 Å². The average Bonchev–Trinajstić information content (AvgIpc) is 2.53. The van der Waals surface area contributed by atoms with Crippen LogP contribution in [0.2, 0.25) is 0 Å². The minimum atomic E-state index is 0.216. The van der Waals surface area contributed by atoms with Gasteiger partial charge >= 0.3 is 0 Å². The predicted molar refractivity (Wildman–Crippen MR) is 94.6 cm³/mol. The third-order valence-corrected chi connectivity index (χ3v) is 6.69. The van der Waals surface area contributed by atoms with Crippen molar-refractivity contribution in [3.05, 3.63) is 59.7 Å². The van der Waals surface area contributed by atoms with E-state index in [1.807, 2.05) is 12.1 Å². The van der Waals surface area contributed by atoms with Crippen LogP contribution in [-0.4, -0.2) is 13.4 Å². The topological polar surface area (TPSA) is 9.23 Å². The van der Waals surface area contributed by atoms with Gasteiger partial charge in [0.2, 0.25) is 0 Å². The molecule has 2 rings (SSSR count). The van der Waals surface area contributed by atoms with Crippen LogP contribution in [0, 0.1) is 0 Å². The Morgan fingerprint density at radius 2 is 1.30 bits per heavy atom. The quantitative estimate of drug-likeness (QED) is 0.438. The second-order valence-corrected chi connectivity index (χ2v) is 7.20. The zero-order valence-electron chi connectivity index (χ0n) is 11.3. The lowest BCUT2D eigenvalue weighted by Gasteiger charge is -2.18. The Hall–Kier alpha value is -0.450. The van der Waals surface area contributed by atoms with Crippen LogP contribution in [0.25, 0.3) is 0 Å². The standard InChI is InChI=1S/C16H16Br2OS/c1-19-13-7-3-11(4-8-13)15(17)16(18)12-5-9-14(20-2)10-6-12/h3-10,15-16H,1-2H3. The fourth-order valence-corrected chi connectivity index (χ4v) is 3.54. The van der Waals surface area contributed by atoms with Gasteiger partial charge in [0.15, 0.2) is 0 Å². The molecule has 2 aromatic carbocycles. The average molecular weight is 416 g/mol. The van der Waals surface area contributed by atoms with Gasteiger partial charge in [0, 0.05) is 4.90 Å². The summed E-state index contributed by atoms with van der Waals surface area (Å²) in [6.07, 6.45) is 2.09. The molecule has 1 nitrogen and oxygen atoms in total. The second kappa shape index (κ2) is 7.53. The van der Waals surface area contributed by atoms with Crippen LogP contribution in [-0.2, 0) is 0 Å². The van der Waals surface area contributed by atoms with Crippen molar-refractivity contribution in [3.8, 4) is 5.75 Å². The Labute approximate surface area is 141 Å². The van der Waals surface area contributed by atoms with Crippen molar-refractivity contribution in [1.82, 2.24) is 0 Å². The van der Waals surface area contributed by atoms with Gasteiger partial charge < -0.3 is 4.74 Å². The highest BCUT2D eigenvalue weighted by atomic mass is 79.9. The molecule has 4 heteroatoms. The van der Waals surface area contributed by atoms with Gasteiger partial charge in [0.1, 0.15) is 5.75 Å². The number of methoxy groups -OCH3 is 1. The van der Waals surface area contributed by atoms with E-state index < -0.39 is 0 Å². The normalized spacial score (nSPS) is 13.8. The van der Waals surface area contributed by atoms with Gasteiger partial charge in [0.05, 0.1) is 16.8 Å². The van der Waals surface area contributed by atoms with E-state index in [9.17, 15) is 0 Å². The van der Waals surface area contributed by atoms with Crippen molar-refractivity contribution in [2.45, 2.75) is 14.5 Å². The van der Waals surface area contributed by atoms with Gasteiger partial charge in [-0.3, -0.25) is 0 Å². The molecule has 2 unspecified atom stereocenters. The van der Waals surface area contributed by atoms with Gasteiger partial charge in [-0.15, -0.1) is 11.8 Å². The number of hydrogen-bond acceptors (Lipinski definition) is 2. The number of rotatable bonds is 5. The highest BCUT2D eigenvalue weighted by Crippen LogP contribution is 2.42. The van der Waals surface area contributed by atoms with Crippen molar-refractivity contribution in [1.29, 1.82) is 0 Å². The first-order chi connectivity index (χ1) is 9.65. The number of alkyl halides is 2. The first-order valence-corrected chi connectivity index (χ1v) is 9.27. The van der Waals surface area contributed by atoms with Crippen molar-refractivity contribution >= 4 is 43.6 Å². The molecule has 0 saturated carbocycles. The van der Waals surface area contributed by atoms with Crippen molar-refractivity contribution in [2.24, 2.45) is 0 Å². The molecule has 2 atom stereocenters. The van der Waals surface area contributed by atoms with E-state index in [-0.39, 0.29) is 9.65 Å². The fraction of sp³-hybridized carbons (Fsp3) is 0.250. The maximum Gasteiger partial charge on any atom is 0.118 e. The van der Waals surface area contributed by atoms with Gasteiger partial charge in [0.25, 0.3) is 0 Å². The highest BCUT2D eigenvalue weighted by molar-refractivity contribution is 9.12. The van der Waals surface area contributed by atoms with Gasteiger partial charge in [-0.05, 0) is 41.6 Å². The van der Waals surface area contributed by atoms with Crippen molar-refractivity contribution < 1.29 is 4.74 Å². The Balaban J connectivity index is 2.15. The summed E-state index contributed by atoms with van der Waals surface area (Å²) in [6.45, 7) is 0. The van der Waals surface area contributed by atoms with Crippen LogP contribution in [0.15, 0.2) is 53.4 Å². The lowest BCUT2D eigenvalue weighted by atomic mass is 10.0. The Morgan fingerprint density at radius 1 is 0.850 bits per heavy atom. The number of benzene rings is 2. The Bertz CT molecular complexity index is 488. The first-order valence-electron chi connectivity index (χ1n) is 6.21. The van der Waals surface area contributed by atoms with Gasteiger partial charge in [-0.2, -0.15) is 0 Å². The maximum absolute atomic E-state index is 5.19. The molecule has 0 aliphatic heterocycles. The number of thioether (sulfide) groups is 1. The fourth-order valence-electron chi connectivity index (χ4n) is 1.91. The summed E-state index contributed by atoms with van der Waals surface area (Å²) in [5.41, 5.74) is 2.49. The molecule has 0 amide bonds. The number of ether oxygens (including phenoxy) is 1. The van der Waals surface area contributed by atoms with Crippen LogP contribution < -0.4 is 4.74 Å². The first kappa shape index (κ1) is 15.9. The minimum Gasteiger partial charge on any atom is -0.497 e. The molecule has 0 aromatic heterocycles. The van der Waals surface area contributed by atoms with Crippen LogP contribution in [0.4, 0.5) is 0 Å².